The number of halogens is 3. The Morgan fingerprint density at radius 3 is 2.18 bits per heavy atom. The number of nitrogens with zero attached hydrogens (tertiary/aromatic N) is 1. The smallest absolute Gasteiger partial charge is 0.264 e. The van der Waals surface area contributed by atoms with Gasteiger partial charge >= 0.3 is 6.18 Å². The second-order valence-electron chi connectivity index (χ2n) is 3.77. The van der Waals surface area contributed by atoms with E-state index >= 15 is 0 Å². The fraction of sp³-hybridized carbons (Fsp3) is 0.154. The van der Waals surface area contributed by atoms with E-state index in [9.17, 15) is 13.2 Å². The van der Waals surface area contributed by atoms with Crippen LogP contribution in [-0.2, 0) is 6.18 Å². The number of rotatable bonds is 1. The molecule has 0 aliphatic carbocycles. The Bertz CT molecular complexity index is 515. The van der Waals surface area contributed by atoms with Crippen LogP contribution < -0.4 is 0 Å². The molecule has 1 heterocycles. The van der Waals surface area contributed by atoms with E-state index in [1.807, 2.05) is 6.92 Å². The predicted molar refractivity (Wildman–Crippen MR) is 59.4 cm³/mol. The van der Waals surface area contributed by atoms with E-state index in [-0.39, 0.29) is 0 Å². The molecule has 2 rings (SSSR count). The molecule has 0 radical (unpaired) electrons. The number of aryl methyl sites for hydroxylation is 1. The molecular formula is C13H10F3N. The van der Waals surface area contributed by atoms with E-state index in [0.29, 0.717) is 0 Å². The van der Waals surface area contributed by atoms with Crippen molar-refractivity contribution in [3.8, 4) is 11.1 Å². The monoisotopic (exact) mass is 237 g/mol. The van der Waals surface area contributed by atoms with Crippen molar-refractivity contribution < 1.29 is 13.2 Å². The minimum atomic E-state index is -4.29. The van der Waals surface area contributed by atoms with Gasteiger partial charge < -0.3 is 0 Å². The van der Waals surface area contributed by atoms with E-state index in [1.165, 1.54) is 12.1 Å². The molecule has 0 aliphatic rings. The van der Waals surface area contributed by atoms with E-state index in [4.69, 9.17) is 0 Å². The highest BCUT2D eigenvalue weighted by Gasteiger charge is 2.29. The van der Waals surface area contributed by atoms with Crippen molar-refractivity contribution >= 4 is 0 Å². The molecule has 0 fully saturated rings. The molecule has 4 heteroatoms. The highest BCUT2D eigenvalue weighted by atomic mass is 19.4. The lowest BCUT2D eigenvalue weighted by molar-refractivity contribution is -0.137. The Labute approximate surface area is 96.9 Å². The third-order valence-electron chi connectivity index (χ3n) is 2.54. The Kier molecular flexibility index (Phi) is 2.88. The van der Waals surface area contributed by atoms with Gasteiger partial charge in [0.2, 0.25) is 0 Å². The number of pyridine rings is 1. The van der Waals surface area contributed by atoms with Gasteiger partial charge in [0.05, 0.1) is 5.56 Å². The fourth-order valence-corrected chi connectivity index (χ4v) is 1.64. The molecular weight excluding hydrogens is 227 g/mol. The van der Waals surface area contributed by atoms with Gasteiger partial charge in [-0.15, -0.1) is 0 Å². The normalized spacial score (nSPS) is 11.5. The zero-order valence-corrected chi connectivity index (χ0v) is 9.12. The number of hydrogen-bond acceptors (Lipinski definition) is 1. The molecule has 1 nitrogen and oxygen atoms in total. The number of aromatic nitrogens is 1. The van der Waals surface area contributed by atoms with Crippen molar-refractivity contribution in [2.45, 2.75) is 13.1 Å². The Hall–Kier alpha value is -1.84. The summed E-state index contributed by atoms with van der Waals surface area (Å²) in [6.07, 6.45) is -0.973. The van der Waals surface area contributed by atoms with Gasteiger partial charge in [0, 0.05) is 12.4 Å². The first-order valence-electron chi connectivity index (χ1n) is 5.07. The Balaban J connectivity index is 2.40. The standard InChI is InChI=1S/C13H10F3N/c1-9-8-17-7-6-12(9)10-2-4-11(5-3-10)13(14,15)16/h2-8H,1H3. The van der Waals surface area contributed by atoms with Gasteiger partial charge in [-0.25, -0.2) is 0 Å². The molecule has 0 saturated heterocycles. The lowest BCUT2D eigenvalue weighted by Crippen LogP contribution is -2.04. The average Bonchev–Trinajstić information content (AvgIpc) is 2.29. The van der Waals surface area contributed by atoms with Gasteiger partial charge in [0.1, 0.15) is 0 Å². The molecule has 0 spiro atoms. The van der Waals surface area contributed by atoms with Crippen molar-refractivity contribution in [3.05, 3.63) is 53.9 Å². The molecule has 0 unspecified atom stereocenters. The van der Waals surface area contributed by atoms with Gasteiger partial charge in [-0.3, -0.25) is 4.98 Å². The molecule has 0 saturated carbocycles. The first-order chi connectivity index (χ1) is 7.98. The summed E-state index contributed by atoms with van der Waals surface area (Å²) in [5.41, 5.74) is 1.96. The Morgan fingerprint density at radius 2 is 1.65 bits per heavy atom. The molecule has 1 aromatic carbocycles. The van der Waals surface area contributed by atoms with Crippen molar-refractivity contribution in [1.82, 2.24) is 4.98 Å². The van der Waals surface area contributed by atoms with Gasteiger partial charge in [-0.1, -0.05) is 12.1 Å². The number of benzene rings is 1. The molecule has 17 heavy (non-hydrogen) atoms. The van der Waals surface area contributed by atoms with E-state index in [0.717, 1.165) is 28.8 Å². The molecule has 0 bridgehead atoms. The van der Waals surface area contributed by atoms with Gasteiger partial charge in [-0.05, 0) is 41.8 Å². The van der Waals surface area contributed by atoms with Gasteiger partial charge in [0.15, 0.2) is 0 Å². The fourth-order valence-electron chi connectivity index (χ4n) is 1.64. The maximum Gasteiger partial charge on any atom is 0.416 e. The number of alkyl halides is 3. The van der Waals surface area contributed by atoms with Crippen LogP contribution in [0.4, 0.5) is 13.2 Å². The highest BCUT2D eigenvalue weighted by Crippen LogP contribution is 2.31. The molecule has 0 atom stereocenters. The Morgan fingerprint density at radius 1 is 1.00 bits per heavy atom. The zero-order valence-electron chi connectivity index (χ0n) is 9.12. The largest absolute Gasteiger partial charge is 0.416 e. The van der Waals surface area contributed by atoms with Crippen molar-refractivity contribution in [3.63, 3.8) is 0 Å². The summed E-state index contributed by atoms with van der Waals surface area (Å²) < 4.78 is 37.2. The summed E-state index contributed by atoms with van der Waals surface area (Å²) in [6, 6.07) is 6.93. The average molecular weight is 237 g/mol. The maximum atomic E-state index is 12.4. The first-order valence-corrected chi connectivity index (χ1v) is 5.07. The molecule has 1 aromatic heterocycles. The maximum absolute atomic E-state index is 12.4. The van der Waals surface area contributed by atoms with Crippen LogP contribution in [-0.4, -0.2) is 4.98 Å². The second kappa shape index (κ2) is 4.20. The van der Waals surface area contributed by atoms with Crippen LogP contribution in [0.1, 0.15) is 11.1 Å². The summed E-state index contributed by atoms with van der Waals surface area (Å²) in [6.45, 7) is 1.88. The highest BCUT2D eigenvalue weighted by molar-refractivity contribution is 5.66. The van der Waals surface area contributed by atoms with Gasteiger partial charge in [0.25, 0.3) is 0 Å². The van der Waals surface area contributed by atoms with Crippen LogP contribution in [0.3, 0.4) is 0 Å². The van der Waals surface area contributed by atoms with Crippen molar-refractivity contribution in [2.24, 2.45) is 0 Å². The summed E-state index contributed by atoms with van der Waals surface area (Å²) in [5.74, 6) is 0. The third-order valence-corrected chi connectivity index (χ3v) is 2.54. The summed E-state index contributed by atoms with van der Waals surface area (Å²) >= 11 is 0. The molecule has 0 aliphatic heterocycles. The number of hydrogen-bond donors (Lipinski definition) is 0. The SMILES string of the molecule is Cc1cnccc1-c1ccc(C(F)(F)F)cc1. The van der Waals surface area contributed by atoms with Crippen molar-refractivity contribution in [2.75, 3.05) is 0 Å². The van der Waals surface area contributed by atoms with Crippen LogP contribution in [0.15, 0.2) is 42.7 Å². The van der Waals surface area contributed by atoms with Gasteiger partial charge in [-0.2, -0.15) is 13.2 Å². The molecule has 2 aromatic rings. The molecule has 88 valence electrons. The van der Waals surface area contributed by atoms with E-state index < -0.39 is 11.7 Å². The summed E-state index contributed by atoms with van der Waals surface area (Å²) in [7, 11) is 0. The minimum Gasteiger partial charge on any atom is -0.264 e. The lowest BCUT2D eigenvalue weighted by Gasteiger charge is -2.09. The summed E-state index contributed by atoms with van der Waals surface area (Å²) in [5, 5.41) is 0. The van der Waals surface area contributed by atoms with Crippen LogP contribution in [0, 0.1) is 6.92 Å². The summed E-state index contributed by atoms with van der Waals surface area (Å²) in [4.78, 5) is 3.95. The van der Waals surface area contributed by atoms with Crippen LogP contribution >= 0.6 is 0 Å². The quantitative estimate of drug-likeness (QED) is 0.728. The predicted octanol–water partition coefficient (Wildman–Crippen LogP) is 4.08. The van der Waals surface area contributed by atoms with Crippen LogP contribution in [0.25, 0.3) is 11.1 Å². The van der Waals surface area contributed by atoms with Crippen molar-refractivity contribution in [1.29, 1.82) is 0 Å². The lowest BCUT2D eigenvalue weighted by atomic mass is 10.0. The molecule has 0 amide bonds. The zero-order chi connectivity index (χ0) is 12.5. The van der Waals surface area contributed by atoms with E-state index in [2.05, 4.69) is 4.98 Å². The third kappa shape index (κ3) is 2.46. The minimum absolute atomic E-state index is 0.632. The van der Waals surface area contributed by atoms with Crippen LogP contribution in [0.2, 0.25) is 0 Å². The topological polar surface area (TPSA) is 12.9 Å². The second-order valence-corrected chi connectivity index (χ2v) is 3.77. The van der Waals surface area contributed by atoms with Crippen LogP contribution in [0.5, 0.6) is 0 Å². The first kappa shape index (κ1) is 11.6. The van der Waals surface area contributed by atoms with E-state index in [1.54, 1.807) is 18.5 Å². The molecule has 0 N–H and O–H groups in total.